The van der Waals surface area contributed by atoms with Crippen LogP contribution in [0.1, 0.15) is 39.0 Å². The van der Waals surface area contributed by atoms with Crippen molar-refractivity contribution in [2.24, 2.45) is 5.92 Å². The molecule has 1 aliphatic rings. The average Bonchev–Trinajstić information content (AvgIpc) is 2.36. The van der Waals surface area contributed by atoms with Crippen molar-refractivity contribution in [1.82, 2.24) is 10.6 Å². The third-order valence-corrected chi connectivity index (χ3v) is 3.21. The van der Waals surface area contributed by atoms with Crippen LogP contribution in [-0.4, -0.2) is 36.1 Å². The molecule has 1 unspecified atom stereocenters. The number of aliphatic hydroxyl groups excluding tert-OH is 1. The zero-order valence-corrected chi connectivity index (χ0v) is 10.4. The molecule has 17 heavy (non-hydrogen) atoms. The quantitative estimate of drug-likeness (QED) is 0.615. The Bertz CT molecular complexity index is 262. The lowest BCUT2D eigenvalue weighted by Crippen LogP contribution is -2.44. The van der Waals surface area contributed by atoms with Crippen LogP contribution in [-0.2, 0) is 9.59 Å². The molecule has 2 amide bonds. The van der Waals surface area contributed by atoms with Crippen LogP contribution in [0.25, 0.3) is 0 Å². The van der Waals surface area contributed by atoms with E-state index in [9.17, 15) is 14.7 Å². The lowest BCUT2D eigenvalue weighted by molar-refractivity contribution is -0.139. The van der Waals surface area contributed by atoms with E-state index in [4.69, 9.17) is 0 Å². The van der Waals surface area contributed by atoms with E-state index < -0.39 is 17.9 Å². The molecule has 1 aliphatic carbocycles. The number of amides is 2. The summed E-state index contributed by atoms with van der Waals surface area (Å²) in [5.41, 5.74) is 0. The van der Waals surface area contributed by atoms with Crippen LogP contribution in [0.4, 0.5) is 0 Å². The van der Waals surface area contributed by atoms with Crippen molar-refractivity contribution in [3.8, 4) is 0 Å². The number of aliphatic hydroxyl groups is 1. The van der Waals surface area contributed by atoms with Crippen molar-refractivity contribution < 1.29 is 14.7 Å². The van der Waals surface area contributed by atoms with Gasteiger partial charge in [-0.15, -0.1) is 0 Å². The first-order valence-corrected chi connectivity index (χ1v) is 6.39. The van der Waals surface area contributed by atoms with Crippen molar-refractivity contribution in [3.05, 3.63) is 0 Å². The summed E-state index contributed by atoms with van der Waals surface area (Å²) < 4.78 is 0. The Morgan fingerprint density at radius 1 is 1.18 bits per heavy atom. The number of carbonyl (C=O) groups excluding carboxylic acids is 2. The van der Waals surface area contributed by atoms with E-state index in [1.165, 1.54) is 6.42 Å². The average molecular weight is 242 g/mol. The third kappa shape index (κ3) is 4.73. The second kappa shape index (κ2) is 7.27. The minimum absolute atomic E-state index is 0.167. The summed E-state index contributed by atoms with van der Waals surface area (Å²) in [6, 6.07) is 0. The molecule has 0 aromatic rings. The molecule has 98 valence electrons. The standard InChI is InChI=1S/C12H22N2O3/c1-2-13-11(16)12(17)14-8-10(15)9-6-4-3-5-7-9/h9-10,15H,2-8H2,1H3,(H,13,16)(H,14,17). The van der Waals surface area contributed by atoms with Crippen LogP contribution in [0.5, 0.6) is 0 Å². The van der Waals surface area contributed by atoms with E-state index >= 15 is 0 Å². The maximum atomic E-state index is 11.3. The van der Waals surface area contributed by atoms with Crippen LogP contribution in [0.15, 0.2) is 0 Å². The van der Waals surface area contributed by atoms with Gasteiger partial charge in [0.05, 0.1) is 6.10 Å². The van der Waals surface area contributed by atoms with Gasteiger partial charge in [-0.25, -0.2) is 0 Å². The second-order valence-electron chi connectivity index (χ2n) is 4.53. The summed E-state index contributed by atoms with van der Waals surface area (Å²) in [4.78, 5) is 22.4. The molecule has 0 radical (unpaired) electrons. The molecule has 3 N–H and O–H groups in total. The first-order chi connectivity index (χ1) is 8.15. The summed E-state index contributed by atoms with van der Waals surface area (Å²) in [5, 5.41) is 14.8. The zero-order chi connectivity index (χ0) is 12.7. The van der Waals surface area contributed by atoms with Gasteiger partial charge in [-0.1, -0.05) is 19.3 Å². The van der Waals surface area contributed by atoms with Gasteiger partial charge in [-0.3, -0.25) is 9.59 Å². The number of hydrogen-bond acceptors (Lipinski definition) is 3. The van der Waals surface area contributed by atoms with Crippen LogP contribution < -0.4 is 10.6 Å². The molecule has 5 heteroatoms. The third-order valence-electron chi connectivity index (χ3n) is 3.21. The van der Waals surface area contributed by atoms with Crippen molar-refractivity contribution in [1.29, 1.82) is 0 Å². The van der Waals surface area contributed by atoms with Gasteiger partial charge in [0.15, 0.2) is 0 Å². The number of likely N-dealkylation sites (N-methyl/N-ethyl adjacent to an activating group) is 1. The molecule has 5 nitrogen and oxygen atoms in total. The Balaban J connectivity index is 2.24. The molecule has 0 bridgehead atoms. The Kier molecular flexibility index (Phi) is 5.97. The summed E-state index contributed by atoms with van der Waals surface area (Å²) in [6.07, 6.45) is 5.01. The van der Waals surface area contributed by atoms with Crippen LogP contribution >= 0.6 is 0 Å². The Hall–Kier alpha value is -1.10. The van der Waals surface area contributed by atoms with Crippen molar-refractivity contribution in [2.45, 2.75) is 45.1 Å². The highest BCUT2D eigenvalue weighted by molar-refractivity contribution is 6.35. The van der Waals surface area contributed by atoms with E-state index in [-0.39, 0.29) is 12.5 Å². The van der Waals surface area contributed by atoms with Gasteiger partial charge in [0.1, 0.15) is 0 Å². The maximum Gasteiger partial charge on any atom is 0.309 e. The number of rotatable bonds is 4. The van der Waals surface area contributed by atoms with Gasteiger partial charge < -0.3 is 15.7 Å². The van der Waals surface area contributed by atoms with E-state index in [0.717, 1.165) is 25.7 Å². The Labute approximate surface area is 102 Å². The van der Waals surface area contributed by atoms with Crippen molar-refractivity contribution in [3.63, 3.8) is 0 Å². The minimum atomic E-state index is -0.665. The molecule has 1 rings (SSSR count). The summed E-state index contributed by atoms with van der Waals surface area (Å²) in [5.74, 6) is -1.04. The summed E-state index contributed by atoms with van der Waals surface area (Å²) >= 11 is 0. The first-order valence-electron chi connectivity index (χ1n) is 6.39. The van der Waals surface area contributed by atoms with Crippen molar-refractivity contribution in [2.75, 3.05) is 13.1 Å². The SMILES string of the molecule is CCNC(=O)C(=O)NCC(O)C1CCCCC1. The van der Waals surface area contributed by atoms with Gasteiger partial charge in [-0.05, 0) is 25.7 Å². The lowest BCUT2D eigenvalue weighted by atomic mass is 9.85. The molecule has 1 saturated carbocycles. The molecule has 0 saturated heterocycles. The number of nitrogens with one attached hydrogen (secondary N) is 2. The fourth-order valence-electron chi connectivity index (χ4n) is 2.20. The molecular formula is C12H22N2O3. The predicted octanol–water partition coefficient (Wildman–Crippen LogP) is 0.180. The van der Waals surface area contributed by atoms with Gasteiger partial charge in [-0.2, -0.15) is 0 Å². The van der Waals surface area contributed by atoms with E-state index in [1.807, 2.05) is 0 Å². The molecule has 0 heterocycles. The summed E-state index contributed by atoms with van der Waals surface area (Å²) in [7, 11) is 0. The highest BCUT2D eigenvalue weighted by atomic mass is 16.3. The van der Waals surface area contributed by atoms with Crippen LogP contribution in [0.3, 0.4) is 0 Å². The number of hydrogen-bond donors (Lipinski definition) is 3. The first kappa shape index (κ1) is 14.0. The topological polar surface area (TPSA) is 78.4 Å². The molecule has 1 fully saturated rings. The van der Waals surface area contributed by atoms with E-state index in [0.29, 0.717) is 6.54 Å². The van der Waals surface area contributed by atoms with Crippen LogP contribution in [0, 0.1) is 5.92 Å². The lowest BCUT2D eigenvalue weighted by Gasteiger charge is -2.26. The summed E-state index contributed by atoms with van der Waals surface area (Å²) in [6.45, 7) is 2.35. The van der Waals surface area contributed by atoms with Gasteiger partial charge >= 0.3 is 11.8 Å². The van der Waals surface area contributed by atoms with Crippen LogP contribution in [0.2, 0.25) is 0 Å². The zero-order valence-electron chi connectivity index (χ0n) is 10.4. The molecule has 0 aromatic heterocycles. The minimum Gasteiger partial charge on any atom is -0.391 e. The Morgan fingerprint density at radius 3 is 2.35 bits per heavy atom. The fraction of sp³-hybridized carbons (Fsp3) is 0.833. The molecule has 0 aromatic carbocycles. The van der Waals surface area contributed by atoms with Gasteiger partial charge in [0, 0.05) is 13.1 Å². The Morgan fingerprint density at radius 2 is 1.76 bits per heavy atom. The molecular weight excluding hydrogens is 220 g/mol. The smallest absolute Gasteiger partial charge is 0.309 e. The normalized spacial score (nSPS) is 18.5. The monoisotopic (exact) mass is 242 g/mol. The predicted molar refractivity (Wildman–Crippen MR) is 64.3 cm³/mol. The molecule has 0 spiro atoms. The van der Waals surface area contributed by atoms with Gasteiger partial charge in [0.2, 0.25) is 0 Å². The highest BCUT2D eigenvalue weighted by Crippen LogP contribution is 2.26. The van der Waals surface area contributed by atoms with Crippen molar-refractivity contribution >= 4 is 11.8 Å². The second-order valence-corrected chi connectivity index (χ2v) is 4.53. The highest BCUT2D eigenvalue weighted by Gasteiger charge is 2.22. The number of carbonyl (C=O) groups is 2. The molecule has 0 aliphatic heterocycles. The van der Waals surface area contributed by atoms with Gasteiger partial charge in [0.25, 0.3) is 0 Å². The van der Waals surface area contributed by atoms with E-state index in [1.54, 1.807) is 6.92 Å². The molecule has 1 atom stereocenters. The van der Waals surface area contributed by atoms with E-state index in [2.05, 4.69) is 10.6 Å². The maximum absolute atomic E-state index is 11.3. The largest absolute Gasteiger partial charge is 0.391 e. The fourth-order valence-corrected chi connectivity index (χ4v) is 2.20.